The van der Waals surface area contributed by atoms with Gasteiger partial charge in [0.05, 0.1) is 43.9 Å². The van der Waals surface area contributed by atoms with E-state index in [1.807, 2.05) is 24.3 Å². The molecule has 168 valence electrons. The molecule has 0 radical (unpaired) electrons. The summed E-state index contributed by atoms with van der Waals surface area (Å²) in [6.45, 7) is 0.340. The summed E-state index contributed by atoms with van der Waals surface area (Å²) in [6.07, 6.45) is 4.30. The van der Waals surface area contributed by atoms with Gasteiger partial charge >= 0.3 is 0 Å². The van der Waals surface area contributed by atoms with Crippen LogP contribution < -0.4 is 18.9 Å². The lowest BCUT2D eigenvalue weighted by Gasteiger charge is -2.22. The maximum Gasteiger partial charge on any atom is 0.203 e. The molecule has 1 heterocycles. The Kier molecular flexibility index (Phi) is 8.20. The molecular weight excluding hydrogens is 453 g/mol. The zero-order chi connectivity index (χ0) is 23.1. The topological polar surface area (TPSA) is 66.9 Å². The van der Waals surface area contributed by atoms with Crippen molar-refractivity contribution in [2.75, 3.05) is 27.9 Å². The molecule has 0 fully saturated rings. The lowest BCUT2D eigenvalue weighted by atomic mass is 9.92. The summed E-state index contributed by atoms with van der Waals surface area (Å²) < 4.78 is 22.3. The molecule has 0 N–H and O–H groups in total. The summed E-state index contributed by atoms with van der Waals surface area (Å²) in [4.78, 5) is 16.2. The normalized spacial score (nSPS) is 11.5. The molecule has 0 spiro atoms. The molecule has 1 unspecified atom stereocenters. The molecule has 3 aromatic rings. The minimum Gasteiger partial charge on any atom is -0.497 e. The Morgan fingerprint density at radius 2 is 1.59 bits per heavy atom. The highest BCUT2D eigenvalue weighted by Gasteiger charge is 2.27. The van der Waals surface area contributed by atoms with Crippen molar-refractivity contribution in [2.24, 2.45) is 0 Å². The molecule has 0 bridgehead atoms. The van der Waals surface area contributed by atoms with Crippen molar-refractivity contribution < 1.29 is 23.7 Å². The Morgan fingerprint density at radius 3 is 2.16 bits per heavy atom. The quantitative estimate of drug-likeness (QED) is 0.367. The monoisotopic (exact) mass is 475 g/mol. The maximum absolute atomic E-state index is 12.2. The fourth-order valence-electron chi connectivity index (χ4n) is 3.39. The van der Waals surface area contributed by atoms with Gasteiger partial charge in [0.15, 0.2) is 11.5 Å². The van der Waals surface area contributed by atoms with Gasteiger partial charge in [0.25, 0.3) is 0 Å². The first-order valence-electron chi connectivity index (χ1n) is 9.78. The molecule has 6 nitrogen and oxygen atoms in total. The summed E-state index contributed by atoms with van der Waals surface area (Å²) in [7, 11) is 4.67. The first kappa shape index (κ1) is 23.7. The number of halogens is 2. The third kappa shape index (κ3) is 5.09. The van der Waals surface area contributed by atoms with Crippen LogP contribution in [0.25, 0.3) is 0 Å². The van der Waals surface area contributed by atoms with E-state index in [1.165, 1.54) is 26.6 Å². The van der Waals surface area contributed by atoms with E-state index in [9.17, 15) is 4.79 Å². The molecule has 0 aliphatic carbocycles. The Balaban J connectivity index is 1.97. The van der Waals surface area contributed by atoms with Gasteiger partial charge in [0.1, 0.15) is 12.0 Å². The number of hydrogen-bond acceptors (Lipinski definition) is 6. The minimum absolute atomic E-state index is 0.286. The fraction of sp³-hybridized carbons (Fsp3) is 0.250. The number of benzene rings is 2. The predicted octanol–water partition coefficient (Wildman–Crippen LogP) is 5.37. The number of aromatic nitrogens is 1. The van der Waals surface area contributed by atoms with Crippen LogP contribution in [-0.4, -0.2) is 39.2 Å². The standard InChI is InChI=1S/C24H23Cl2NO5/c1-29-16-6-4-15(5-7-16)10-11-32-23-17(8-9-21(30-2)24(23)31-3)18(14-28)22-19(25)12-27-13-20(22)26/h4-9,12-14,18H,10-11H2,1-3H3. The smallest absolute Gasteiger partial charge is 0.203 e. The van der Waals surface area contributed by atoms with Crippen LogP contribution in [0.1, 0.15) is 22.6 Å². The second-order valence-corrected chi connectivity index (χ2v) is 7.61. The van der Waals surface area contributed by atoms with Gasteiger partial charge in [-0.25, -0.2) is 0 Å². The maximum atomic E-state index is 12.2. The average molecular weight is 476 g/mol. The van der Waals surface area contributed by atoms with E-state index >= 15 is 0 Å². The fourth-order valence-corrected chi connectivity index (χ4v) is 3.99. The average Bonchev–Trinajstić information content (AvgIpc) is 2.81. The van der Waals surface area contributed by atoms with Gasteiger partial charge in [-0.2, -0.15) is 0 Å². The minimum atomic E-state index is -0.784. The largest absolute Gasteiger partial charge is 0.497 e. The second kappa shape index (κ2) is 11.1. The number of carbonyl (C=O) groups is 1. The molecule has 0 saturated heterocycles. The highest BCUT2D eigenvalue weighted by atomic mass is 35.5. The summed E-state index contributed by atoms with van der Waals surface area (Å²) in [5.74, 6) is 1.25. The van der Waals surface area contributed by atoms with E-state index in [1.54, 1.807) is 19.2 Å². The SMILES string of the molecule is COc1ccc(CCOc2c(C(C=O)c3c(Cl)cncc3Cl)ccc(OC)c2OC)cc1. The van der Waals surface area contributed by atoms with Crippen LogP contribution >= 0.6 is 23.2 Å². The highest BCUT2D eigenvalue weighted by Crippen LogP contribution is 2.45. The molecule has 0 aliphatic heterocycles. The summed E-state index contributed by atoms with van der Waals surface area (Å²) >= 11 is 12.7. The lowest BCUT2D eigenvalue weighted by Crippen LogP contribution is -2.11. The number of methoxy groups -OCH3 is 3. The van der Waals surface area contributed by atoms with Crippen molar-refractivity contribution in [3.05, 3.63) is 75.5 Å². The van der Waals surface area contributed by atoms with Crippen LogP contribution in [0.5, 0.6) is 23.0 Å². The number of carbonyl (C=O) groups excluding carboxylic acids is 1. The van der Waals surface area contributed by atoms with Crippen molar-refractivity contribution in [3.8, 4) is 23.0 Å². The first-order valence-corrected chi connectivity index (χ1v) is 10.5. The lowest BCUT2D eigenvalue weighted by molar-refractivity contribution is -0.108. The highest BCUT2D eigenvalue weighted by molar-refractivity contribution is 6.36. The van der Waals surface area contributed by atoms with Gasteiger partial charge in [-0.05, 0) is 23.8 Å². The van der Waals surface area contributed by atoms with Gasteiger partial charge in [-0.1, -0.05) is 41.4 Å². The number of ether oxygens (including phenoxy) is 4. The summed E-state index contributed by atoms with van der Waals surface area (Å²) in [5.41, 5.74) is 2.08. The number of rotatable bonds is 10. The third-order valence-electron chi connectivity index (χ3n) is 5.00. The predicted molar refractivity (Wildman–Crippen MR) is 124 cm³/mol. The van der Waals surface area contributed by atoms with E-state index in [2.05, 4.69) is 4.98 Å². The molecule has 32 heavy (non-hydrogen) atoms. The summed E-state index contributed by atoms with van der Waals surface area (Å²) in [6, 6.07) is 11.2. The summed E-state index contributed by atoms with van der Waals surface area (Å²) in [5, 5.41) is 0.571. The molecule has 0 saturated carbocycles. The Hall–Kier alpha value is -2.96. The van der Waals surface area contributed by atoms with Crippen molar-refractivity contribution in [1.82, 2.24) is 4.98 Å². The van der Waals surface area contributed by atoms with E-state index in [0.29, 0.717) is 41.4 Å². The van der Waals surface area contributed by atoms with Gasteiger partial charge in [-0.3, -0.25) is 4.98 Å². The molecule has 0 aliphatic rings. The van der Waals surface area contributed by atoms with Crippen molar-refractivity contribution >= 4 is 29.5 Å². The van der Waals surface area contributed by atoms with E-state index in [-0.39, 0.29) is 10.0 Å². The third-order valence-corrected chi connectivity index (χ3v) is 5.60. The van der Waals surface area contributed by atoms with E-state index in [0.717, 1.165) is 17.6 Å². The zero-order valence-electron chi connectivity index (χ0n) is 17.9. The van der Waals surface area contributed by atoms with Gasteiger partial charge in [-0.15, -0.1) is 0 Å². The zero-order valence-corrected chi connectivity index (χ0v) is 19.4. The van der Waals surface area contributed by atoms with Gasteiger partial charge in [0, 0.05) is 29.9 Å². The Labute approximate surface area is 197 Å². The molecule has 2 aromatic carbocycles. The molecule has 1 aromatic heterocycles. The van der Waals surface area contributed by atoms with E-state index < -0.39 is 5.92 Å². The van der Waals surface area contributed by atoms with Crippen LogP contribution in [0.3, 0.4) is 0 Å². The van der Waals surface area contributed by atoms with Crippen LogP contribution in [0.15, 0.2) is 48.8 Å². The van der Waals surface area contributed by atoms with Crippen LogP contribution in [0.4, 0.5) is 0 Å². The molecule has 8 heteroatoms. The molecule has 0 amide bonds. The number of nitrogens with zero attached hydrogens (tertiary/aromatic N) is 1. The van der Waals surface area contributed by atoms with Crippen LogP contribution in [0.2, 0.25) is 10.0 Å². The molecule has 1 atom stereocenters. The Bertz CT molecular complexity index is 1050. The van der Waals surface area contributed by atoms with Gasteiger partial charge in [0.2, 0.25) is 5.75 Å². The second-order valence-electron chi connectivity index (χ2n) is 6.80. The van der Waals surface area contributed by atoms with Gasteiger partial charge < -0.3 is 23.7 Å². The molecule has 3 rings (SSSR count). The van der Waals surface area contributed by atoms with Crippen molar-refractivity contribution in [2.45, 2.75) is 12.3 Å². The first-order chi connectivity index (χ1) is 15.5. The number of pyridine rings is 1. The van der Waals surface area contributed by atoms with Crippen LogP contribution in [0, 0.1) is 0 Å². The Morgan fingerprint density at radius 1 is 0.906 bits per heavy atom. The van der Waals surface area contributed by atoms with E-state index in [4.69, 9.17) is 42.1 Å². The van der Waals surface area contributed by atoms with Crippen molar-refractivity contribution in [3.63, 3.8) is 0 Å². The van der Waals surface area contributed by atoms with Crippen molar-refractivity contribution in [1.29, 1.82) is 0 Å². The van der Waals surface area contributed by atoms with Crippen LogP contribution in [-0.2, 0) is 11.2 Å². The molecular formula is C24H23Cl2NO5. The number of hydrogen-bond donors (Lipinski definition) is 0. The number of aldehydes is 1.